The third-order valence-corrected chi connectivity index (χ3v) is 2.94. The molecule has 1 heterocycles. The minimum absolute atomic E-state index is 0.0700. The molecule has 1 amide bonds. The average Bonchev–Trinajstić information content (AvgIpc) is 2.44. The highest BCUT2D eigenvalue weighted by Crippen LogP contribution is 2.30. The second-order valence-corrected chi connectivity index (χ2v) is 4.51. The lowest BCUT2D eigenvalue weighted by Gasteiger charge is -2.19. The van der Waals surface area contributed by atoms with Crippen molar-refractivity contribution >= 4 is 5.91 Å². The number of carbonyl (C=O) groups excluding carboxylic acids is 1. The smallest absolute Gasteiger partial charge is 0.251 e. The van der Waals surface area contributed by atoms with Crippen LogP contribution in [0.2, 0.25) is 0 Å². The van der Waals surface area contributed by atoms with Crippen molar-refractivity contribution in [3.63, 3.8) is 0 Å². The first kappa shape index (κ1) is 13.7. The average molecular weight is 265 g/mol. The highest BCUT2D eigenvalue weighted by Gasteiger charge is 2.15. The number of nitrogens with one attached hydrogen (secondary N) is 1. The van der Waals surface area contributed by atoms with E-state index in [2.05, 4.69) is 5.32 Å². The molecule has 0 bridgehead atoms. The predicted octanol–water partition coefficient (Wildman–Crippen LogP) is 1.61. The summed E-state index contributed by atoms with van der Waals surface area (Å²) >= 11 is 0. The molecule has 0 saturated heterocycles. The molecule has 1 N–H and O–H groups in total. The number of amides is 1. The summed E-state index contributed by atoms with van der Waals surface area (Å²) in [5.74, 6) is 1.21. The van der Waals surface area contributed by atoms with Crippen LogP contribution in [-0.4, -0.2) is 38.9 Å². The van der Waals surface area contributed by atoms with Gasteiger partial charge < -0.3 is 19.5 Å². The summed E-state index contributed by atoms with van der Waals surface area (Å²) in [6.07, 6.45) is 0.785. The molecule has 1 aliphatic heterocycles. The van der Waals surface area contributed by atoms with E-state index < -0.39 is 0 Å². The van der Waals surface area contributed by atoms with Crippen molar-refractivity contribution in [2.45, 2.75) is 19.4 Å². The fourth-order valence-electron chi connectivity index (χ4n) is 1.86. The van der Waals surface area contributed by atoms with Gasteiger partial charge in [-0.05, 0) is 31.5 Å². The Labute approximate surface area is 112 Å². The summed E-state index contributed by atoms with van der Waals surface area (Å²) in [7, 11) is 1.65. The lowest BCUT2D eigenvalue weighted by Crippen LogP contribution is -2.33. The minimum Gasteiger partial charge on any atom is -0.486 e. The molecule has 0 fully saturated rings. The van der Waals surface area contributed by atoms with E-state index in [-0.39, 0.29) is 11.9 Å². The SMILES string of the molecule is COCC[C@@H](C)NC(=O)c1ccc2c(c1)OCCO2. The van der Waals surface area contributed by atoms with E-state index in [1.54, 1.807) is 25.3 Å². The number of rotatable bonds is 5. The highest BCUT2D eigenvalue weighted by molar-refractivity contribution is 5.95. The molecule has 0 aliphatic carbocycles. The minimum atomic E-state index is -0.111. The van der Waals surface area contributed by atoms with Crippen LogP contribution in [0.15, 0.2) is 18.2 Å². The number of methoxy groups -OCH3 is 1. The first-order valence-corrected chi connectivity index (χ1v) is 6.40. The molecule has 0 saturated carbocycles. The van der Waals surface area contributed by atoms with Crippen LogP contribution >= 0.6 is 0 Å². The summed E-state index contributed by atoms with van der Waals surface area (Å²) in [5.41, 5.74) is 0.577. The maximum atomic E-state index is 12.1. The quantitative estimate of drug-likeness (QED) is 0.878. The maximum absolute atomic E-state index is 12.1. The molecule has 5 heteroatoms. The van der Waals surface area contributed by atoms with Crippen LogP contribution in [0.5, 0.6) is 11.5 Å². The van der Waals surface area contributed by atoms with Crippen molar-refractivity contribution in [1.82, 2.24) is 5.32 Å². The lowest BCUT2D eigenvalue weighted by molar-refractivity contribution is 0.0928. The van der Waals surface area contributed by atoms with Crippen LogP contribution in [0.3, 0.4) is 0 Å². The zero-order chi connectivity index (χ0) is 13.7. The normalized spacial score (nSPS) is 14.8. The number of hydrogen-bond acceptors (Lipinski definition) is 4. The molecule has 1 aromatic carbocycles. The monoisotopic (exact) mass is 265 g/mol. The second kappa shape index (κ2) is 6.43. The third-order valence-electron chi connectivity index (χ3n) is 2.94. The highest BCUT2D eigenvalue weighted by atomic mass is 16.6. The van der Waals surface area contributed by atoms with Gasteiger partial charge in [-0.15, -0.1) is 0 Å². The number of hydrogen-bond donors (Lipinski definition) is 1. The number of fused-ring (bicyclic) bond motifs is 1. The van der Waals surface area contributed by atoms with Crippen LogP contribution in [-0.2, 0) is 4.74 Å². The third kappa shape index (κ3) is 3.61. The van der Waals surface area contributed by atoms with Crippen LogP contribution in [0.25, 0.3) is 0 Å². The Balaban J connectivity index is 1.99. The molecule has 19 heavy (non-hydrogen) atoms. The topological polar surface area (TPSA) is 56.8 Å². The summed E-state index contributed by atoms with van der Waals surface area (Å²) in [6, 6.07) is 5.29. The van der Waals surface area contributed by atoms with Crippen LogP contribution < -0.4 is 14.8 Å². The molecule has 104 valence electrons. The van der Waals surface area contributed by atoms with Gasteiger partial charge in [0.15, 0.2) is 11.5 Å². The fourth-order valence-corrected chi connectivity index (χ4v) is 1.86. The Morgan fingerprint density at radius 1 is 1.37 bits per heavy atom. The number of benzene rings is 1. The number of carbonyl (C=O) groups is 1. The Bertz CT molecular complexity index is 447. The summed E-state index contributed by atoms with van der Waals surface area (Å²) in [4.78, 5) is 12.1. The Morgan fingerprint density at radius 2 is 2.11 bits per heavy atom. The lowest BCUT2D eigenvalue weighted by atomic mass is 10.1. The Kier molecular flexibility index (Phi) is 4.63. The van der Waals surface area contributed by atoms with E-state index in [1.807, 2.05) is 6.92 Å². The van der Waals surface area contributed by atoms with E-state index >= 15 is 0 Å². The molecular formula is C14H19NO4. The second-order valence-electron chi connectivity index (χ2n) is 4.51. The first-order valence-electron chi connectivity index (χ1n) is 6.40. The van der Waals surface area contributed by atoms with Crippen molar-refractivity contribution in [1.29, 1.82) is 0 Å². The van der Waals surface area contributed by atoms with E-state index in [1.165, 1.54) is 0 Å². The molecule has 0 aromatic heterocycles. The molecule has 2 rings (SSSR count). The first-order chi connectivity index (χ1) is 9.20. The molecule has 0 unspecified atom stereocenters. The molecule has 5 nitrogen and oxygen atoms in total. The van der Waals surface area contributed by atoms with Crippen LogP contribution in [0.4, 0.5) is 0 Å². The van der Waals surface area contributed by atoms with Gasteiger partial charge in [-0.1, -0.05) is 0 Å². The zero-order valence-electron chi connectivity index (χ0n) is 11.3. The van der Waals surface area contributed by atoms with Gasteiger partial charge in [-0.2, -0.15) is 0 Å². The summed E-state index contributed by atoms with van der Waals surface area (Å²) < 4.78 is 15.9. The van der Waals surface area contributed by atoms with Crippen molar-refractivity contribution in [2.24, 2.45) is 0 Å². The van der Waals surface area contributed by atoms with E-state index in [9.17, 15) is 4.79 Å². The maximum Gasteiger partial charge on any atom is 0.251 e. The van der Waals surface area contributed by atoms with Gasteiger partial charge in [0.1, 0.15) is 13.2 Å². The van der Waals surface area contributed by atoms with Gasteiger partial charge in [0, 0.05) is 25.3 Å². The molecular weight excluding hydrogens is 246 g/mol. The molecule has 0 radical (unpaired) electrons. The Hall–Kier alpha value is -1.75. The van der Waals surface area contributed by atoms with E-state index in [4.69, 9.17) is 14.2 Å². The zero-order valence-corrected chi connectivity index (χ0v) is 11.3. The van der Waals surface area contributed by atoms with Crippen molar-refractivity contribution in [3.8, 4) is 11.5 Å². The van der Waals surface area contributed by atoms with E-state index in [0.717, 1.165) is 6.42 Å². The predicted molar refractivity (Wildman–Crippen MR) is 70.9 cm³/mol. The van der Waals surface area contributed by atoms with Gasteiger partial charge in [-0.3, -0.25) is 4.79 Å². The van der Waals surface area contributed by atoms with Crippen molar-refractivity contribution in [2.75, 3.05) is 26.9 Å². The van der Waals surface area contributed by atoms with Crippen molar-refractivity contribution < 1.29 is 19.0 Å². The molecule has 1 aliphatic rings. The molecule has 1 aromatic rings. The summed E-state index contributed by atoms with van der Waals surface area (Å²) in [5, 5.41) is 2.92. The standard InChI is InChI=1S/C14H19NO4/c1-10(5-6-17-2)15-14(16)11-3-4-12-13(9-11)19-8-7-18-12/h3-4,9-10H,5-8H2,1-2H3,(H,15,16)/t10-/m1/s1. The van der Waals surface area contributed by atoms with Crippen LogP contribution in [0, 0.1) is 0 Å². The fraction of sp³-hybridized carbons (Fsp3) is 0.500. The largest absolute Gasteiger partial charge is 0.486 e. The van der Waals surface area contributed by atoms with E-state index in [0.29, 0.717) is 36.9 Å². The Morgan fingerprint density at radius 3 is 2.84 bits per heavy atom. The molecule has 1 atom stereocenters. The van der Waals surface area contributed by atoms with Gasteiger partial charge in [0.05, 0.1) is 0 Å². The number of ether oxygens (including phenoxy) is 3. The van der Waals surface area contributed by atoms with Gasteiger partial charge in [0.2, 0.25) is 0 Å². The van der Waals surface area contributed by atoms with Gasteiger partial charge in [-0.25, -0.2) is 0 Å². The van der Waals surface area contributed by atoms with Crippen LogP contribution in [0.1, 0.15) is 23.7 Å². The molecule has 0 spiro atoms. The van der Waals surface area contributed by atoms with Gasteiger partial charge >= 0.3 is 0 Å². The van der Waals surface area contributed by atoms with Crippen molar-refractivity contribution in [3.05, 3.63) is 23.8 Å². The summed E-state index contributed by atoms with van der Waals surface area (Å²) in [6.45, 7) is 3.65. The van der Waals surface area contributed by atoms with Gasteiger partial charge in [0.25, 0.3) is 5.91 Å².